The molecule has 2 rings (SSSR count). The minimum atomic E-state index is -4.56. The van der Waals surface area contributed by atoms with E-state index in [-0.39, 0.29) is 12.1 Å². The Kier molecular flexibility index (Phi) is 1.67. The van der Waals surface area contributed by atoms with Gasteiger partial charge in [-0.05, 0) is 12.8 Å². The number of rotatable bonds is 2. The molecule has 0 atom stereocenters. The van der Waals surface area contributed by atoms with Gasteiger partial charge < -0.3 is 9.73 Å². The van der Waals surface area contributed by atoms with Crippen molar-refractivity contribution in [1.29, 1.82) is 0 Å². The first-order chi connectivity index (χ1) is 6.05. The van der Waals surface area contributed by atoms with Crippen molar-refractivity contribution >= 4 is 6.01 Å². The Morgan fingerprint density at radius 3 is 2.46 bits per heavy atom. The fourth-order valence-electron chi connectivity index (χ4n) is 0.798. The van der Waals surface area contributed by atoms with Crippen molar-refractivity contribution in [3.05, 3.63) is 5.89 Å². The van der Waals surface area contributed by atoms with Crippen LogP contribution in [0.4, 0.5) is 19.2 Å². The first kappa shape index (κ1) is 8.33. The Hall–Kier alpha value is -1.27. The first-order valence-electron chi connectivity index (χ1n) is 3.73. The summed E-state index contributed by atoms with van der Waals surface area (Å²) in [4.78, 5) is 0. The van der Waals surface area contributed by atoms with Gasteiger partial charge in [0.2, 0.25) is 0 Å². The molecular weight excluding hydrogens is 187 g/mol. The number of nitrogens with zero attached hydrogens (tertiary/aromatic N) is 2. The van der Waals surface area contributed by atoms with Gasteiger partial charge in [-0.2, -0.15) is 13.2 Å². The molecule has 1 N–H and O–H groups in total. The molecule has 7 heteroatoms. The summed E-state index contributed by atoms with van der Waals surface area (Å²) in [5, 5.41) is 8.75. The van der Waals surface area contributed by atoms with Crippen LogP contribution in [-0.2, 0) is 6.18 Å². The summed E-state index contributed by atoms with van der Waals surface area (Å²) in [5.74, 6) is -1.31. The Labute approximate surface area is 71.1 Å². The van der Waals surface area contributed by atoms with Crippen LogP contribution in [0.1, 0.15) is 18.7 Å². The molecule has 4 nitrogen and oxygen atoms in total. The molecule has 1 fully saturated rings. The van der Waals surface area contributed by atoms with Crippen LogP contribution < -0.4 is 5.32 Å². The number of aromatic nitrogens is 2. The topological polar surface area (TPSA) is 51.0 Å². The molecule has 0 spiro atoms. The van der Waals surface area contributed by atoms with Crippen molar-refractivity contribution in [3.63, 3.8) is 0 Å². The number of hydrogen-bond acceptors (Lipinski definition) is 4. The summed E-state index contributed by atoms with van der Waals surface area (Å²) in [6.45, 7) is 0. The maximum absolute atomic E-state index is 11.9. The molecule has 0 saturated heterocycles. The van der Waals surface area contributed by atoms with Gasteiger partial charge in [0.25, 0.3) is 0 Å². The predicted molar refractivity (Wildman–Crippen MR) is 35.9 cm³/mol. The average Bonchev–Trinajstić information content (AvgIpc) is 2.63. The third-order valence-electron chi connectivity index (χ3n) is 1.57. The van der Waals surface area contributed by atoms with Crippen molar-refractivity contribution in [3.8, 4) is 0 Å². The quantitative estimate of drug-likeness (QED) is 0.775. The Morgan fingerprint density at radius 2 is 2.00 bits per heavy atom. The summed E-state index contributed by atoms with van der Waals surface area (Å²) in [5.41, 5.74) is 0. The molecule has 0 aromatic carbocycles. The molecule has 1 aromatic heterocycles. The summed E-state index contributed by atoms with van der Waals surface area (Å²) < 4.78 is 40.1. The summed E-state index contributed by atoms with van der Waals surface area (Å²) >= 11 is 0. The maximum Gasteiger partial charge on any atom is 0.470 e. The second kappa shape index (κ2) is 2.61. The molecule has 0 unspecified atom stereocenters. The smallest absolute Gasteiger partial charge is 0.399 e. The zero-order valence-corrected chi connectivity index (χ0v) is 6.43. The number of anilines is 1. The van der Waals surface area contributed by atoms with Gasteiger partial charge >= 0.3 is 18.1 Å². The van der Waals surface area contributed by atoms with Gasteiger partial charge in [-0.15, -0.1) is 5.10 Å². The number of nitrogens with one attached hydrogen (secondary N) is 1. The second-order valence-corrected chi connectivity index (χ2v) is 2.83. The van der Waals surface area contributed by atoms with Gasteiger partial charge in [0, 0.05) is 6.04 Å². The zero-order valence-electron chi connectivity index (χ0n) is 6.43. The lowest BCUT2D eigenvalue weighted by Gasteiger charge is -1.97. The highest BCUT2D eigenvalue weighted by molar-refractivity contribution is 5.22. The summed E-state index contributed by atoms with van der Waals surface area (Å²) in [7, 11) is 0. The molecule has 1 aliphatic carbocycles. The van der Waals surface area contributed by atoms with E-state index < -0.39 is 12.1 Å². The van der Waals surface area contributed by atoms with Crippen LogP contribution in [-0.4, -0.2) is 16.2 Å². The fourth-order valence-corrected chi connectivity index (χ4v) is 0.798. The average molecular weight is 193 g/mol. The van der Waals surface area contributed by atoms with E-state index in [1.807, 2.05) is 0 Å². The van der Waals surface area contributed by atoms with E-state index in [9.17, 15) is 13.2 Å². The predicted octanol–water partition coefficient (Wildman–Crippen LogP) is 1.66. The van der Waals surface area contributed by atoms with Crippen LogP contribution in [0.15, 0.2) is 4.42 Å². The standard InChI is InChI=1S/C6H6F3N3O/c7-6(8,9)4-11-12-5(13-4)10-3-1-2-3/h3H,1-2H2,(H,10,12). The Morgan fingerprint density at radius 1 is 1.31 bits per heavy atom. The fraction of sp³-hybridized carbons (Fsp3) is 0.667. The highest BCUT2D eigenvalue weighted by Gasteiger charge is 2.38. The van der Waals surface area contributed by atoms with E-state index in [4.69, 9.17) is 0 Å². The molecule has 0 aliphatic heterocycles. The Balaban J connectivity index is 2.08. The highest BCUT2D eigenvalue weighted by Crippen LogP contribution is 2.30. The normalized spacial score (nSPS) is 17.5. The SMILES string of the molecule is FC(F)(F)c1nnc(NC2CC2)o1. The van der Waals surface area contributed by atoms with Crippen molar-refractivity contribution < 1.29 is 17.6 Å². The van der Waals surface area contributed by atoms with Crippen molar-refractivity contribution in [2.24, 2.45) is 0 Å². The second-order valence-electron chi connectivity index (χ2n) is 2.83. The molecule has 1 saturated carbocycles. The van der Waals surface area contributed by atoms with Gasteiger partial charge in [-0.3, -0.25) is 0 Å². The molecule has 1 heterocycles. The molecule has 1 aromatic rings. The molecular formula is C6H6F3N3O. The van der Waals surface area contributed by atoms with E-state index in [2.05, 4.69) is 19.9 Å². The van der Waals surface area contributed by atoms with Crippen molar-refractivity contribution in [2.75, 3.05) is 5.32 Å². The lowest BCUT2D eigenvalue weighted by molar-refractivity contribution is -0.156. The van der Waals surface area contributed by atoms with E-state index in [1.54, 1.807) is 0 Å². The summed E-state index contributed by atoms with van der Waals surface area (Å²) in [6, 6.07) is 0.0383. The van der Waals surface area contributed by atoms with Crippen LogP contribution in [0.25, 0.3) is 0 Å². The van der Waals surface area contributed by atoms with Gasteiger partial charge in [0.1, 0.15) is 0 Å². The molecule has 1 aliphatic rings. The maximum atomic E-state index is 11.9. The van der Waals surface area contributed by atoms with Crippen LogP contribution in [0.3, 0.4) is 0 Å². The third kappa shape index (κ3) is 1.90. The van der Waals surface area contributed by atoms with Gasteiger partial charge in [-0.25, -0.2) is 0 Å². The van der Waals surface area contributed by atoms with Gasteiger partial charge in [-0.1, -0.05) is 5.10 Å². The minimum absolute atomic E-state index is 0.158. The molecule has 0 amide bonds. The van der Waals surface area contributed by atoms with Crippen molar-refractivity contribution in [1.82, 2.24) is 10.2 Å². The Bertz CT molecular complexity index is 304. The number of halogens is 3. The van der Waals surface area contributed by atoms with Crippen LogP contribution in [0.2, 0.25) is 0 Å². The largest absolute Gasteiger partial charge is 0.470 e. The zero-order chi connectivity index (χ0) is 9.47. The van der Waals surface area contributed by atoms with Crippen LogP contribution in [0, 0.1) is 0 Å². The molecule has 0 bridgehead atoms. The lowest BCUT2D eigenvalue weighted by atomic mass is 10.7. The first-order valence-corrected chi connectivity index (χ1v) is 3.73. The van der Waals surface area contributed by atoms with Crippen LogP contribution in [0.5, 0.6) is 0 Å². The third-order valence-corrected chi connectivity index (χ3v) is 1.57. The van der Waals surface area contributed by atoms with Gasteiger partial charge in [0.15, 0.2) is 0 Å². The number of alkyl halides is 3. The highest BCUT2D eigenvalue weighted by atomic mass is 19.4. The molecule has 72 valence electrons. The lowest BCUT2D eigenvalue weighted by Crippen LogP contribution is -2.04. The van der Waals surface area contributed by atoms with E-state index >= 15 is 0 Å². The molecule has 0 radical (unpaired) electrons. The minimum Gasteiger partial charge on any atom is -0.399 e. The monoisotopic (exact) mass is 193 g/mol. The number of hydrogen-bond donors (Lipinski definition) is 1. The van der Waals surface area contributed by atoms with E-state index in [0.29, 0.717) is 0 Å². The van der Waals surface area contributed by atoms with Crippen molar-refractivity contribution in [2.45, 2.75) is 25.1 Å². The summed E-state index contributed by atoms with van der Waals surface area (Å²) in [6.07, 6.45) is -2.69. The van der Waals surface area contributed by atoms with E-state index in [0.717, 1.165) is 12.8 Å². The molecule has 13 heavy (non-hydrogen) atoms. The van der Waals surface area contributed by atoms with Crippen LogP contribution >= 0.6 is 0 Å². The van der Waals surface area contributed by atoms with E-state index in [1.165, 1.54) is 0 Å². The van der Waals surface area contributed by atoms with Gasteiger partial charge in [0.05, 0.1) is 0 Å².